The molecular formula is C17H11N3O. The zero-order chi connectivity index (χ0) is 14.7. The zero-order valence-corrected chi connectivity index (χ0v) is 11.1. The molecule has 0 fully saturated rings. The van der Waals surface area contributed by atoms with E-state index in [2.05, 4.69) is 16.0 Å². The minimum atomic E-state index is -0.244. The van der Waals surface area contributed by atoms with Crippen LogP contribution in [0.3, 0.4) is 0 Å². The molecule has 2 heterocycles. The molecule has 21 heavy (non-hydrogen) atoms. The Morgan fingerprint density at radius 2 is 1.81 bits per heavy atom. The Balaban J connectivity index is 2.31. The van der Waals surface area contributed by atoms with Crippen molar-refractivity contribution in [2.45, 2.75) is 0 Å². The minimum absolute atomic E-state index is 0.244. The zero-order valence-electron chi connectivity index (χ0n) is 11.1. The van der Waals surface area contributed by atoms with E-state index in [1.54, 1.807) is 18.5 Å². The smallest absolute Gasteiger partial charge is 0.249 e. The van der Waals surface area contributed by atoms with E-state index in [1.165, 1.54) is 6.07 Å². The number of nitrogens with one attached hydrogen (secondary N) is 1. The van der Waals surface area contributed by atoms with Crippen molar-refractivity contribution in [3.05, 3.63) is 76.8 Å². The summed E-state index contributed by atoms with van der Waals surface area (Å²) in [4.78, 5) is 18.7. The first kappa shape index (κ1) is 12.8. The van der Waals surface area contributed by atoms with Crippen LogP contribution < -0.4 is 5.56 Å². The van der Waals surface area contributed by atoms with Crippen LogP contribution in [0.1, 0.15) is 5.56 Å². The molecular weight excluding hydrogens is 262 g/mol. The summed E-state index contributed by atoms with van der Waals surface area (Å²) in [6, 6.07) is 16.6. The third-order valence-electron chi connectivity index (χ3n) is 3.19. The first-order valence-electron chi connectivity index (χ1n) is 6.43. The van der Waals surface area contributed by atoms with Crippen molar-refractivity contribution in [3.63, 3.8) is 0 Å². The lowest BCUT2D eigenvalue weighted by atomic mass is 9.98. The molecule has 4 heteroatoms. The van der Waals surface area contributed by atoms with Gasteiger partial charge in [-0.3, -0.25) is 9.78 Å². The number of nitriles is 1. The van der Waals surface area contributed by atoms with E-state index in [0.717, 1.165) is 11.1 Å². The second-order valence-corrected chi connectivity index (χ2v) is 4.52. The summed E-state index contributed by atoms with van der Waals surface area (Å²) in [6.45, 7) is 0. The molecule has 3 aromatic rings. The monoisotopic (exact) mass is 273 g/mol. The van der Waals surface area contributed by atoms with Gasteiger partial charge in [-0.05, 0) is 11.6 Å². The molecule has 0 aliphatic rings. The Kier molecular flexibility index (Phi) is 3.32. The van der Waals surface area contributed by atoms with Gasteiger partial charge in [0.05, 0.1) is 11.3 Å². The topological polar surface area (TPSA) is 69.5 Å². The van der Waals surface area contributed by atoms with Crippen molar-refractivity contribution in [1.29, 1.82) is 5.26 Å². The molecule has 0 spiro atoms. The van der Waals surface area contributed by atoms with Crippen LogP contribution in [0.15, 0.2) is 65.7 Å². The van der Waals surface area contributed by atoms with Gasteiger partial charge >= 0.3 is 0 Å². The number of aromatic amines is 1. The molecule has 4 nitrogen and oxygen atoms in total. The molecule has 0 aliphatic heterocycles. The van der Waals surface area contributed by atoms with Crippen molar-refractivity contribution in [2.24, 2.45) is 0 Å². The van der Waals surface area contributed by atoms with E-state index < -0.39 is 0 Å². The minimum Gasteiger partial charge on any atom is -0.321 e. The number of hydrogen-bond acceptors (Lipinski definition) is 3. The van der Waals surface area contributed by atoms with Gasteiger partial charge in [0.1, 0.15) is 6.07 Å². The summed E-state index contributed by atoms with van der Waals surface area (Å²) in [5, 5.41) is 9.52. The van der Waals surface area contributed by atoms with E-state index in [1.807, 2.05) is 36.4 Å². The highest BCUT2D eigenvalue weighted by Gasteiger charge is 2.13. The van der Waals surface area contributed by atoms with E-state index >= 15 is 0 Å². The molecule has 0 radical (unpaired) electrons. The molecule has 1 aromatic carbocycles. The fraction of sp³-hybridized carbons (Fsp3) is 0. The number of rotatable bonds is 2. The van der Waals surface area contributed by atoms with Gasteiger partial charge < -0.3 is 4.98 Å². The summed E-state index contributed by atoms with van der Waals surface area (Å²) >= 11 is 0. The van der Waals surface area contributed by atoms with Crippen LogP contribution in [-0.4, -0.2) is 9.97 Å². The fourth-order valence-electron chi connectivity index (χ4n) is 2.25. The van der Waals surface area contributed by atoms with E-state index in [-0.39, 0.29) is 5.56 Å². The van der Waals surface area contributed by atoms with Crippen molar-refractivity contribution in [3.8, 4) is 28.5 Å². The quantitative estimate of drug-likeness (QED) is 0.780. The van der Waals surface area contributed by atoms with Crippen molar-refractivity contribution < 1.29 is 0 Å². The number of hydrogen-bond donors (Lipinski definition) is 1. The summed E-state index contributed by atoms with van der Waals surface area (Å²) in [5.74, 6) is 0. The van der Waals surface area contributed by atoms with Gasteiger partial charge in [-0.2, -0.15) is 5.26 Å². The fourth-order valence-corrected chi connectivity index (χ4v) is 2.25. The molecule has 0 bridgehead atoms. The summed E-state index contributed by atoms with van der Waals surface area (Å²) in [6.07, 6.45) is 3.30. The highest BCUT2D eigenvalue weighted by Crippen LogP contribution is 2.28. The summed E-state index contributed by atoms with van der Waals surface area (Å²) < 4.78 is 0. The predicted octanol–water partition coefficient (Wildman–Crippen LogP) is 2.98. The van der Waals surface area contributed by atoms with Crippen LogP contribution in [-0.2, 0) is 0 Å². The first-order chi connectivity index (χ1) is 10.3. The molecule has 0 unspecified atom stereocenters. The molecule has 0 atom stereocenters. The summed E-state index contributed by atoms with van der Waals surface area (Å²) in [7, 11) is 0. The third kappa shape index (κ3) is 2.45. The number of aromatic nitrogens is 2. The average Bonchev–Trinajstić information content (AvgIpc) is 2.55. The van der Waals surface area contributed by atoms with Crippen LogP contribution in [0.5, 0.6) is 0 Å². The Labute approximate surface area is 121 Å². The Bertz CT molecular complexity index is 798. The van der Waals surface area contributed by atoms with Gasteiger partial charge in [0.15, 0.2) is 0 Å². The lowest BCUT2D eigenvalue weighted by Gasteiger charge is -2.09. The van der Waals surface area contributed by atoms with Gasteiger partial charge in [-0.25, -0.2) is 0 Å². The average molecular weight is 273 g/mol. The van der Waals surface area contributed by atoms with Crippen molar-refractivity contribution in [1.82, 2.24) is 9.97 Å². The Morgan fingerprint density at radius 1 is 1.05 bits per heavy atom. The van der Waals surface area contributed by atoms with Gasteiger partial charge in [-0.15, -0.1) is 0 Å². The van der Waals surface area contributed by atoms with E-state index in [9.17, 15) is 10.1 Å². The van der Waals surface area contributed by atoms with Crippen LogP contribution in [0.4, 0.5) is 0 Å². The number of benzene rings is 1. The van der Waals surface area contributed by atoms with Gasteiger partial charge in [0, 0.05) is 29.6 Å². The van der Waals surface area contributed by atoms with Crippen molar-refractivity contribution in [2.75, 3.05) is 0 Å². The van der Waals surface area contributed by atoms with Crippen molar-refractivity contribution >= 4 is 0 Å². The van der Waals surface area contributed by atoms with Crippen LogP contribution in [0, 0.1) is 11.3 Å². The maximum Gasteiger partial charge on any atom is 0.249 e. The number of H-pyrrole nitrogens is 1. The SMILES string of the molecule is N#Cc1c(-c2cccnc2)cc(=O)[nH]c1-c1ccccc1. The van der Waals surface area contributed by atoms with Gasteiger partial charge in [0.25, 0.3) is 0 Å². The van der Waals surface area contributed by atoms with Crippen LogP contribution in [0.2, 0.25) is 0 Å². The maximum atomic E-state index is 11.9. The number of nitrogens with zero attached hydrogens (tertiary/aromatic N) is 2. The molecule has 100 valence electrons. The predicted molar refractivity (Wildman–Crippen MR) is 80.4 cm³/mol. The highest BCUT2D eigenvalue weighted by molar-refractivity contribution is 5.79. The third-order valence-corrected chi connectivity index (χ3v) is 3.19. The molecule has 0 saturated heterocycles. The largest absolute Gasteiger partial charge is 0.321 e. The number of pyridine rings is 2. The second kappa shape index (κ2) is 5.43. The first-order valence-corrected chi connectivity index (χ1v) is 6.43. The van der Waals surface area contributed by atoms with E-state index in [0.29, 0.717) is 16.8 Å². The normalized spacial score (nSPS) is 10.0. The molecule has 0 aliphatic carbocycles. The molecule has 3 rings (SSSR count). The second-order valence-electron chi connectivity index (χ2n) is 4.52. The highest BCUT2D eigenvalue weighted by atomic mass is 16.1. The lowest BCUT2D eigenvalue weighted by molar-refractivity contribution is 1.22. The van der Waals surface area contributed by atoms with Crippen LogP contribution in [0.25, 0.3) is 22.4 Å². The Morgan fingerprint density at radius 3 is 2.48 bits per heavy atom. The van der Waals surface area contributed by atoms with E-state index in [4.69, 9.17) is 0 Å². The van der Waals surface area contributed by atoms with Gasteiger partial charge in [-0.1, -0.05) is 36.4 Å². The van der Waals surface area contributed by atoms with Crippen LogP contribution >= 0.6 is 0 Å². The maximum absolute atomic E-state index is 11.9. The lowest BCUT2D eigenvalue weighted by Crippen LogP contribution is -2.09. The molecule has 0 saturated carbocycles. The molecule has 2 aromatic heterocycles. The standard InChI is InChI=1S/C17H11N3O/c18-10-15-14(13-7-4-8-19-11-13)9-16(21)20-17(15)12-5-2-1-3-6-12/h1-9,11H,(H,20,21). The van der Waals surface area contributed by atoms with Gasteiger partial charge in [0.2, 0.25) is 5.56 Å². The summed E-state index contributed by atoms with van der Waals surface area (Å²) in [5.41, 5.74) is 2.87. The molecule has 0 amide bonds. The molecule has 1 N–H and O–H groups in total. The Hall–Kier alpha value is -3.19.